The SMILES string of the molecule is Cc1nc(-c2cc(F)c3c(c2)ncn3C2CCCOC2)c2[nH]cnc2n1. The van der Waals surface area contributed by atoms with Gasteiger partial charge in [-0.05, 0) is 31.9 Å². The molecular formula is C18H17FN6O. The van der Waals surface area contributed by atoms with Crippen LogP contribution in [0.1, 0.15) is 24.7 Å². The first kappa shape index (κ1) is 15.4. The molecule has 0 radical (unpaired) electrons. The zero-order valence-corrected chi connectivity index (χ0v) is 14.2. The van der Waals surface area contributed by atoms with Crippen LogP contribution >= 0.6 is 0 Å². The lowest BCUT2D eigenvalue weighted by atomic mass is 10.1. The smallest absolute Gasteiger partial charge is 0.181 e. The Balaban J connectivity index is 1.67. The van der Waals surface area contributed by atoms with E-state index < -0.39 is 0 Å². The molecule has 1 aliphatic rings. The van der Waals surface area contributed by atoms with Gasteiger partial charge in [0.05, 0.1) is 36.5 Å². The number of rotatable bonds is 2. The number of imidazole rings is 2. The van der Waals surface area contributed by atoms with Crippen molar-refractivity contribution in [1.82, 2.24) is 29.5 Å². The Labute approximate surface area is 148 Å². The highest BCUT2D eigenvalue weighted by atomic mass is 19.1. The van der Waals surface area contributed by atoms with Crippen molar-refractivity contribution >= 4 is 22.2 Å². The lowest BCUT2D eigenvalue weighted by Gasteiger charge is -2.24. The summed E-state index contributed by atoms with van der Waals surface area (Å²) in [5.74, 6) is 0.273. The lowest BCUT2D eigenvalue weighted by Crippen LogP contribution is -2.20. The van der Waals surface area contributed by atoms with Crippen molar-refractivity contribution in [1.29, 1.82) is 0 Å². The van der Waals surface area contributed by atoms with E-state index in [1.165, 1.54) is 6.07 Å². The normalized spacial score (nSPS) is 18.0. The molecule has 1 unspecified atom stereocenters. The summed E-state index contributed by atoms with van der Waals surface area (Å²) in [6.07, 6.45) is 5.21. The number of aromatic amines is 1. The average molecular weight is 352 g/mol. The van der Waals surface area contributed by atoms with Crippen LogP contribution < -0.4 is 0 Å². The van der Waals surface area contributed by atoms with Crippen molar-refractivity contribution in [3.05, 3.63) is 36.4 Å². The van der Waals surface area contributed by atoms with Gasteiger partial charge in [-0.2, -0.15) is 0 Å². The standard InChI is InChI=1S/C18H17FN6O/c1-10-23-15(16-18(24-10)21-8-20-16)11-5-13(19)17-14(6-11)22-9-25(17)12-3-2-4-26-7-12/h5-6,8-9,12H,2-4,7H2,1H3,(H,20,21,23,24). The maximum Gasteiger partial charge on any atom is 0.181 e. The number of hydrogen-bond donors (Lipinski definition) is 1. The molecule has 7 nitrogen and oxygen atoms in total. The van der Waals surface area contributed by atoms with Gasteiger partial charge in [-0.3, -0.25) is 0 Å². The van der Waals surface area contributed by atoms with Gasteiger partial charge in [-0.25, -0.2) is 24.3 Å². The van der Waals surface area contributed by atoms with E-state index in [2.05, 4.69) is 24.9 Å². The first-order chi connectivity index (χ1) is 12.7. The van der Waals surface area contributed by atoms with Gasteiger partial charge in [0.25, 0.3) is 0 Å². The van der Waals surface area contributed by atoms with E-state index in [-0.39, 0.29) is 11.9 Å². The first-order valence-corrected chi connectivity index (χ1v) is 8.62. The molecule has 0 saturated carbocycles. The summed E-state index contributed by atoms with van der Waals surface area (Å²) in [5, 5.41) is 0. The van der Waals surface area contributed by atoms with E-state index in [9.17, 15) is 0 Å². The van der Waals surface area contributed by atoms with Gasteiger partial charge in [0.2, 0.25) is 0 Å². The molecule has 1 aliphatic heterocycles. The maximum atomic E-state index is 15.0. The van der Waals surface area contributed by atoms with Crippen molar-refractivity contribution < 1.29 is 9.13 Å². The Morgan fingerprint density at radius 3 is 3.04 bits per heavy atom. The van der Waals surface area contributed by atoms with Gasteiger partial charge in [0, 0.05) is 12.2 Å². The minimum absolute atomic E-state index is 0.120. The summed E-state index contributed by atoms with van der Waals surface area (Å²) >= 11 is 0. The number of halogens is 1. The third kappa shape index (κ3) is 2.37. The van der Waals surface area contributed by atoms with Crippen molar-refractivity contribution in [2.24, 2.45) is 0 Å². The minimum atomic E-state index is -0.315. The largest absolute Gasteiger partial charge is 0.379 e. The Kier molecular flexibility index (Phi) is 3.46. The Morgan fingerprint density at radius 1 is 1.27 bits per heavy atom. The molecule has 1 atom stereocenters. The fraction of sp³-hybridized carbons (Fsp3) is 0.333. The van der Waals surface area contributed by atoms with Gasteiger partial charge >= 0.3 is 0 Å². The molecule has 0 spiro atoms. The molecule has 26 heavy (non-hydrogen) atoms. The second-order valence-electron chi connectivity index (χ2n) is 6.57. The monoisotopic (exact) mass is 352 g/mol. The summed E-state index contributed by atoms with van der Waals surface area (Å²) in [6.45, 7) is 3.15. The number of benzene rings is 1. The zero-order chi connectivity index (χ0) is 17.7. The number of nitrogens with one attached hydrogen (secondary N) is 1. The van der Waals surface area contributed by atoms with E-state index in [1.807, 2.05) is 10.6 Å². The second kappa shape index (κ2) is 5.84. The van der Waals surface area contributed by atoms with Crippen LogP contribution in [0.15, 0.2) is 24.8 Å². The highest BCUT2D eigenvalue weighted by molar-refractivity contribution is 5.90. The summed E-state index contributed by atoms with van der Waals surface area (Å²) < 4.78 is 22.5. The molecule has 4 heterocycles. The fourth-order valence-corrected chi connectivity index (χ4v) is 3.63. The molecule has 0 amide bonds. The summed E-state index contributed by atoms with van der Waals surface area (Å²) in [4.78, 5) is 20.4. The molecular weight excluding hydrogens is 335 g/mol. The van der Waals surface area contributed by atoms with Crippen molar-refractivity contribution in [2.45, 2.75) is 25.8 Å². The van der Waals surface area contributed by atoms with Crippen LogP contribution in [0.2, 0.25) is 0 Å². The number of H-pyrrole nitrogens is 1. The lowest BCUT2D eigenvalue weighted by molar-refractivity contribution is 0.0603. The Bertz CT molecular complexity index is 1110. The van der Waals surface area contributed by atoms with Crippen LogP contribution in [-0.2, 0) is 4.74 Å². The van der Waals surface area contributed by atoms with Gasteiger partial charge < -0.3 is 14.3 Å². The second-order valence-corrected chi connectivity index (χ2v) is 6.57. The fourth-order valence-electron chi connectivity index (χ4n) is 3.63. The minimum Gasteiger partial charge on any atom is -0.379 e. The topological polar surface area (TPSA) is 81.5 Å². The highest BCUT2D eigenvalue weighted by Crippen LogP contribution is 2.31. The number of hydrogen-bond acceptors (Lipinski definition) is 5. The number of aryl methyl sites for hydroxylation is 1. The average Bonchev–Trinajstić information content (AvgIpc) is 3.28. The molecule has 0 aliphatic carbocycles. The van der Waals surface area contributed by atoms with Crippen LogP contribution in [0.5, 0.6) is 0 Å². The Morgan fingerprint density at radius 2 is 2.19 bits per heavy atom. The van der Waals surface area contributed by atoms with Crippen LogP contribution in [-0.4, -0.2) is 42.7 Å². The predicted molar refractivity (Wildman–Crippen MR) is 94.2 cm³/mol. The van der Waals surface area contributed by atoms with Gasteiger partial charge in [-0.1, -0.05) is 0 Å². The molecule has 1 N–H and O–H groups in total. The summed E-state index contributed by atoms with van der Waals surface area (Å²) in [5.41, 5.74) is 3.65. The van der Waals surface area contributed by atoms with Crippen molar-refractivity contribution in [2.75, 3.05) is 13.2 Å². The molecule has 0 bridgehead atoms. The molecule has 132 valence electrons. The van der Waals surface area contributed by atoms with Crippen LogP contribution in [0.3, 0.4) is 0 Å². The molecule has 4 aromatic rings. The number of nitrogens with zero attached hydrogens (tertiary/aromatic N) is 5. The molecule has 1 saturated heterocycles. The van der Waals surface area contributed by atoms with E-state index in [1.54, 1.807) is 19.6 Å². The summed E-state index contributed by atoms with van der Waals surface area (Å²) in [6, 6.07) is 3.49. The number of ether oxygens (including phenoxy) is 1. The van der Waals surface area contributed by atoms with Crippen LogP contribution in [0.25, 0.3) is 33.5 Å². The third-order valence-electron chi connectivity index (χ3n) is 4.82. The Hall–Kier alpha value is -2.87. The summed E-state index contributed by atoms with van der Waals surface area (Å²) in [7, 11) is 0. The van der Waals surface area contributed by atoms with E-state index >= 15 is 4.39 Å². The van der Waals surface area contributed by atoms with Gasteiger partial charge in [0.15, 0.2) is 5.65 Å². The van der Waals surface area contributed by atoms with Gasteiger partial charge in [-0.15, -0.1) is 0 Å². The van der Waals surface area contributed by atoms with Crippen molar-refractivity contribution in [3.63, 3.8) is 0 Å². The predicted octanol–water partition coefficient (Wildman–Crippen LogP) is 3.17. The van der Waals surface area contributed by atoms with Crippen molar-refractivity contribution in [3.8, 4) is 11.3 Å². The quantitative estimate of drug-likeness (QED) is 0.599. The molecule has 1 fully saturated rings. The van der Waals surface area contributed by atoms with E-state index in [0.717, 1.165) is 19.4 Å². The highest BCUT2D eigenvalue weighted by Gasteiger charge is 2.21. The maximum absolute atomic E-state index is 15.0. The third-order valence-corrected chi connectivity index (χ3v) is 4.82. The molecule has 5 rings (SSSR count). The first-order valence-electron chi connectivity index (χ1n) is 8.62. The molecule has 3 aromatic heterocycles. The molecule has 1 aromatic carbocycles. The van der Waals surface area contributed by atoms with Crippen LogP contribution in [0, 0.1) is 12.7 Å². The van der Waals surface area contributed by atoms with E-state index in [4.69, 9.17) is 4.74 Å². The number of aromatic nitrogens is 6. The van der Waals surface area contributed by atoms with E-state index in [0.29, 0.717) is 45.9 Å². The molecule has 8 heteroatoms. The number of fused-ring (bicyclic) bond motifs is 2. The zero-order valence-electron chi connectivity index (χ0n) is 14.2. The van der Waals surface area contributed by atoms with Crippen LogP contribution in [0.4, 0.5) is 4.39 Å². The van der Waals surface area contributed by atoms with Gasteiger partial charge in [0.1, 0.15) is 22.7 Å².